The van der Waals surface area contributed by atoms with Crippen LogP contribution in [0.1, 0.15) is 5.56 Å². The smallest absolute Gasteiger partial charge is 0.160 e. The predicted octanol–water partition coefficient (Wildman–Crippen LogP) is 14.4. The third-order valence-electron chi connectivity index (χ3n) is 10.6. The molecule has 2 aliphatic rings. The van der Waals surface area contributed by atoms with Crippen molar-refractivity contribution in [3.8, 4) is 45.0 Å². The van der Waals surface area contributed by atoms with E-state index >= 15 is 0 Å². The molecule has 5 heteroatoms. The summed E-state index contributed by atoms with van der Waals surface area (Å²) in [5.41, 5.74) is 14.7. The van der Waals surface area contributed by atoms with Gasteiger partial charge in [-0.15, -0.1) is 0 Å². The lowest BCUT2D eigenvalue weighted by Crippen LogP contribution is -2.19. The lowest BCUT2D eigenvalue weighted by Gasteiger charge is -2.34. The van der Waals surface area contributed by atoms with E-state index in [1.54, 1.807) is 0 Å². The number of anilines is 5. The van der Waals surface area contributed by atoms with Gasteiger partial charge in [0.25, 0.3) is 0 Å². The molecule has 10 rings (SSSR count). The average molecular weight is 763 g/mol. The number of hydrogen-bond acceptors (Lipinski definition) is 5. The number of aromatic nitrogens is 2. The van der Waals surface area contributed by atoms with Crippen molar-refractivity contribution in [2.24, 2.45) is 0 Å². The molecule has 0 bridgehead atoms. The molecule has 0 unspecified atom stereocenters. The second-order valence-corrected chi connectivity index (χ2v) is 15.4. The molecule has 276 valence electrons. The van der Waals surface area contributed by atoms with E-state index in [1.165, 1.54) is 21.2 Å². The Morgan fingerprint density at radius 3 is 1.76 bits per heavy atom. The van der Waals surface area contributed by atoms with Crippen LogP contribution in [0.2, 0.25) is 0 Å². The predicted molar refractivity (Wildman–Crippen MR) is 243 cm³/mol. The topological polar surface area (TPSA) is 32.3 Å². The molecule has 4 nitrogen and oxygen atoms in total. The first-order valence-electron chi connectivity index (χ1n) is 19.5. The molecule has 0 radical (unpaired) electrons. The molecule has 0 aliphatic carbocycles. The number of para-hydroxylation sites is 2. The van der Waals surface area contributed by atoms with E-state index in [2.05, 4.69) is 186 Å². The third-order valence-corrected chi connectivity index (χ3v) is 11.7. The minimum Gasteiger partial charge on any atom is -0.337 e. The van der Waals surface area contributed by atoms with E-state index in [0.29, 0.717) is 12.4 Å². The van der Waals surface area contributed by atoms with Gasteiger partial charge in [0.1, 0.15) is 0 Å². The van der Waals surface area contributed by atoms with Gasteiger partial charge >= 0.3 is 0 Å². The van der Waals surface area contributed by atoms with Crippen LogP contribution in [0.4, 0.5) is 28.4 Å². The van der Waals surface area contributed by atoms with Crippen molar-refractivity contribution >= 4 is 45.8 Å². The summed E-state index contributed by atoms with van der Waals surface area (Å²) in [6.45, 7) is 5.27. The van der Waals surface area contributed by atoms with Crippen LogP contribution in [-0.4, -0.2) is 16.5 Å². The Bertz CT molecular complexity index is 2780. The second-order valence-electron chi connectivity index (χ2n) is 14.3. The molecule has 2 aliphatic heterocycles. The summed E-state index contributed by atoms with van der Waals surface area (Å²) in [4.78, 5) is 17.5. The summed E-state index contributed by atoms with van der Waals surface area (Å²) in [5, 5.41) is 0. The number of rotatable bonds is 6. The zero-order valence-corrected chi connectivity index (χ0v) is 32.6. The second kappa shape index (κ2) is 15.4. The maximum Gasteiger partial charge on any atom is 0.160 e. The van der Waals surface area contributed by atoms with Gasteiger partial charge in [0, 0.05) is 55.7 Å². The van der Waals surface area contributed by atoms with Crippen LogP contribution in [-0.2, 0) is 0 Å². The molecular weight excluding hydrogens is 725 g/mol. The number of nitrogens with zero attached hydrogens (tertiary/aromatic N) is 4. The number of fused-ring (bicyclic) bond motifs is 3. The van der Waals surface area contributed by atoms with E-state index < -0.39 is 0 Å². The largest absolute Gasteiger partial charge is 0.337 e. The van der Waals surface area contributed by atoms with Crippen molar-refractivity contribution in [3.63, 3.8) is 0 Å². The average Bonchev–Trinajstić information content (AvgIpc) is 3.37. The zero-order valence-electron chi connectivity index (χ0n) is 31.7. The molecule has 1 aromatic heterocycles. The molecule has 58 heavy (non-hydrogen) atoms. The summed E-state index contributed by atoms with van der Waals surface area (Å²) in [7, 11) is 0. The number of allylic oxidation sites excluding steroid dienone is 4. The fourth-order valence-corrected chi connectivity index (χ4v) is 8.83. The number of benzene rings is 7. The minimum atomic E-state index is 0.687. The molecular formula is C53H38N4S. The van der Waals surface area contributed by atoms with Gasteiger partial charge in [-0.2, -0.15) is 0 Å². The van der Waals surface area contributed by atoms with Gasteiger partial charge in [-0.05, 0) is 83.4 Å². The Hall–Kier alpha value is -7.21. The molecule has 0 atom stereocenters. The van der Waals surface area contributed by atoms with Crippen LogP contribution >= 0.6 is 11.8 Å². The van der Waals surface area contributed by atoms with E-state index in [0.717, 1.165) is 67.4 Å². The SMILES string of the molecule is C=C1/C=C\C=C/CN(c2cccc(N3c4ccccc4Sc4ccccc43)c2)c2ccc(-c3cccc(-c4nc(-c5ccccc5)cc(-c5ccccc5)n4)c3)cc21. The molecule has 3 heterocycles. The Morgan fingerprint density at radius 1 is 0.466 bits per heavy atom. The Labute approximate surface area is 343 Å². The summed E-state index contributed by atoms with van der Waals surface area (Å²) in [6, 6.07) is 64.2. The van der Waals surface area contributed by atoms with Crippen molar-refractivity contribution in [1.82, 2.24) is 9.97 Å². The quantitative estimate of drug-likeness (QED) is 0.168. The summed E-state index contributed by atoms with van der Waals surface area (Å²) < 4.78 is 0. The van der Waals surface area contributed by atoms with Crippen LogP contribution < -0.4 is 9.80 Å². The van der Waals surface area contributed by atoms with Crippen LogP contribution in [0, 0.1) is 0 Å². The maximum atomic E-state index is 5.11. The van der Waals surface area contributed by atoms with Crippen LogP contribution in [0.15, 0.2) is 223 Å². The molecule has 0 N–H and O–H groups in total. The van der Waals surface area contributed by atoms with Gasteiger partial charge in [0.15, 0.2) is 5.82 Å². The summed E-state index contributed by atoms with van der Waals surface area (Å²) >= 11 is 1.82. The molecule has 0 spiro atoms. The van der Waals surface area contributed by atoms with Gasteiger partial charge in [-0.1, -0.05) is 158 Å². The van der Waals surface area contributed by atoms with Crippen molar-refractivity contribution in [2.45, 2.75) is 9.79 Å². The molecule has 0 saturated heterocycles. The molecule has 0 fully saturated rings. The molecule has 0 saturated carbocycles. The van der Waals surface area contributed by atoms with Crippen LogP contribution in [0.25, 0.3) is 50.6 Å². The fraction of sp³-hybridized carbons (Fsp3) is 0.0189. The zero-order chi connectivity index (χ0) is 38.8. The van der Waals surface area contributed by atoms with Gasteiger partial charge in [0.2, 0.25) is 0 Å². The fourth-order valence-electron chi connectivity index (χ4n) is 7.77. The van der Waals surface area contributed by atoms with Crippen LogP contribution in [0.3, 0.4) is 0 Å². The van der Waals surface area contributed by atoms with Gasteiger partial charge < -0.3 is 9.80 Å². The first kappa shape index (κ1) is 35.2. The normalized spacial score (nSPS) is 14.3. The maximum absolute atomic E-state index is 5.11. The lowest BCUT2D eigenvalue weighted by molar-refractivity contribution is 1.09. The first-order chi connectivity index (χ1) is 28.7. The highest BCUT2D eigenvalue weighted by molar-refractivity contribution is 7.99. The first-order valence-corrected chi connectivity index (χ1v) is 20.3. The third kappa shape index (κ3) is 6.82. The van der Waals surface area contributed by atoms with Gasteiger partial charge in [0.05, 0.1) is 22.8 Å². The van der Waals surface area contributed by atoms with Crippen molar-refractivity contribution in [2.75, 3.05) is 16.3 Å². The van der Waals surface area contributed by atoms with E-state index in [4.69, 9.17) is 9.97 Å². The van der Waals surface area contributed by atoms with Crippen molar-refractivity contribution in [3.05, 3.63) is 218 Å². The lowest BCUT2D eigenvalue weighted by atomic mass is 9.96. The highest BCUT2D eigenvalue weighted by Gasteiger charge is 2.25. The number of hydrogen-bond donors (Lipinski definition) is 0. The molecule has 0 amide bonds. The highest BCUT2D eigenvalue weighted by Crippen LogP contribution is 2.51. The summed E-state index contributed by atoms with van der Waals surface area (Å²) in [5.74, 6) is 0.687. The van der Waals surface area contributed by atoms with Crippen molar-refractivity contribution in [1.29, 1.82) is 0 Å². The van der Waals surface area contributed by atoms with Gasteiger partial charge in [-0.3, -0.25) is 0 Å². The Morgan fingerprint density at radius 2 is 1.05 bits per heavy atom. The Kier molecular flexibility index (Phi) is 9.34. The van der Waals surface area contributed by atoms with E-state index in [-0.39, 0.29) is 0 Å². The molecule has 7 aromatic carbocycles. The standard InChI is InChI=1S/C53H38N4S/c1-37-17-5-4-14-32-56(43-24-16-25-44(35-43)57-49-26-10-12-28-51(49)58-52-29-13-11-27-50(52)57)48-31-30-41(34-45(37)48)40-22-15-23-42(33-40)53-54-46(38-18-6-2-7-19-38)36-47(55-53)39-20-8-3-9-21-39/h2-31,33-36H,1,32H2/b14-4-,17-5-. The Balaban J connectivity index is 1.04. The highest BCUT2D eigenvalue weighted by atomic mass is 32.2. The van der Waals surface area contributed by atoms with E-state index in [9.17, 15) is 0 Å². The van der Waals surface area contributed by atoms with Gasteiger partial charge in [-0.25, -0.2) is 9.97 Å². The molecule has 8 aromatic rings. The van der Waals surface area contributed by atoms with Crippen molar-refractivity contribution < 1.29 is 0 Å². The summed E-state index contributed by atoms with van der Waals surface area (Å²) in [6.07, 6.45) is 8.50. The van der Waals surface area contributed by atoms with Crippen LogP contribution in [0.5, 0.6) is 0 Å². The monoisotopic (exact) mass is 762 g/mol. The minimum absolute atomic E-state index is 0.687. The van der Waals surface area contributed by atoms with E-state index in [1.807, 2.05) is 48.2 Å².